The third-order valence-corrected chi connectivity index (χ3v) is 2.48. The molecule has 3 nitrogen and oxygen atoms in total. The van der Waals surface area contributed by atoms with E-state index in [-0.39, 0.29) is 27.5 Å². The Morgan fingerprint density at radius 3 is 2.71 bits per heavy atom. The highest BCUT2D eigenvalue weighted by Crippen LogP contribution is 2.31. The molecule has 1 aromatic carbocycles. The monoisotopic (exact) mass is 272 g/mol. The van der Waals surface area contributed by atoms with Crippen molar-refractivity contribution in [1.29, 1.82) is 0 Å². The summed E-state index contributed by atoms with van der Waals surface area (Å²) in [6, 6.07) is 7.43. The maximum Gasteiger partial charge on any atom is 0.244 e. The van der Waals surface area contributed by atoms with Gasteiger partial charge in [0.15, 0.2) is 11.6 Å². The lowest BCUT2D eigenvalue weighted by atomic mass is 10.3. The van der Waals surface area contributed by atoms with Crippen LogP contribution in [0.15, 0.2) is 30.3 Å². The van der Waals surface area contributed by atoms with Gasteiger partial charge in [-0.3, -0.25) is 0 Å². The number of benzene rings is 1. The number of nitrogens with zero attached hydrogens (tertiary/aromatic N) is 1. The Labute approximate surface area is 107 Å². The van der Waals surface area contributed by atoms with E-state index in [1.807, 2.05) is 0 Å². The predicted molar refractivity (Wildman–Crippen MR) is 65.1 cm³/mol. The largest absolute Gasteiger partial charge is 0.434 e. The van der Waals surface area contributed by atoms with E-state index >= 15 is 0 Å². The van der Waals surface area contributed by atoms with Gasteiger partial charge in [-0.05, 0) is 24.3 Å². The predicted octanol–water partition coefficient (Wildman–Crippen LogP) is 3.90. The molecule has 1 heterocycles. The van der Waals surface area contributed by atoms with Crippen LogP contribution in [0.1, 0.15) is 0 Å². The molecular formula is C11H7Cl2FN2O. The zero-order chi connectivity index (χ0) is 12.4. The maximum absolute atomic E-state index is 13.6. The van der Waals surface area contributed by atoms with Gasteiger partial charge in [-0.2, -0.15) is 4.98 Å². The quantitative estimate of drug-likeness (QED) is 0.844. The molecule has 17 heavy (non-hydrogen) atoms. The second-order valence-electron chi connectivity index (χ2n) is 3.18. The average Bonchev–Trinajstić information content (AvgIpc) is 2.30. The summed E-state index contributed by atoms with van der Waals surface area (Å²) in [5.41, 5.74) is 5.88. The summed E-state index contributed by atoms with van der Waals surface area (Å²) in [5, 5.41) is 0.166. The number of halogens is 3. The van der Waals surface area contributed by atoms with Gasteiger partial charge in [0.05, 0.1) is 10.7 Å². The fraction of sp³-hybridized carbons (Fsp3) is 0. The minimum atomic E-state index is -0.671. The standard InChI is InChI=1S/C11H7Cl2FN2O/c12-6-2-1-3-8(10(6)14)17-11-7(15)4-5-9(13)16-11/h1-5H,15H2. The van der Waals surface area contributed by atoms with Crippen molar-refractivity contribution < 1.29 is 9.13 Å². The van der Waals surface area contributed by atoms with Crippen LogP contribution in [-0.4, -0.2) is 4.98 Å². The number of nitrogens with two attached hydrogens (primary N) is 1. The Morgan fingerprint density at radius 1 is 1.18 bits per heavy atom. The van der Waals surface area contributed by atoms with E-state index in [9.17, 15) is 4.39 Å². The summed E-state index contributed by atoms with van der Waals surface area (Å²) < 4.78 is 18.8. The molecule has 0 spiro atoms. The highest BCUT2D eigenvalue weighted by Gasteiger charge is 2.11. The van der Waals surface area contributed by atoms with Crippen molar-refractivity contribution in [2.24, 2.45) is 0 Å². The Bertz CT molecular complexity index is 563. The van der Waals surface area contributed by atoms with Crippen molar-refractivity contribution in [2.45, 2.75) is 0 Å². The van der Waals surface area contributed by atoms with E-state index in [1.54, 1.807) is 6.07 Å². The van der Waals surface area contributed by atoms with Crippen molar-refractivity contribution in [3.05, 3.63) is 46.3 Å². The number of nitrogen functional groups attached to an aromatic ring is 1. The number of ether oxygens (including phenoxy) is 1. The third kappa shape index (κ3) is 2.60. The first-order chi connectivity index (χ1) is 8.08. The first-order valence-electron chi connectivity index (χ1n) is 4.62. The second kappa shape index (κ2) is 4.77. The SMILES string of the molecule is Nc1ccc(Cl)nc1Oc1cccc(Cl)c1F. The Kier molecular flexibility index (Phi) is 3.36. The first-order valence-corrected chi connectivity index (χ1v) is 5.37. The lowest BCUT2D eigenvalue weighted by Crippen LogP contribution is -1.96. The fourth-order valence-corrected chi connectivity index (χ4v) is 1.48. The van der Waals surface area contributed by atoms with Crippen LogP contribution < -0.4 is 10.5 Å². The molecule has 0 saturated heterocycles. The Hall–Kier alpha value is -1.52. The molecule has 0 bridgehead atoms. The number of hydrogen-bond donors (Lipinski definition) is 1. The molecule has 2 aromatic rings. The van der Waals surface area contributed by atoms with E-state index in [4.69, 9.17) is 33.7 Å². The van der Waals surface area contributed by atoms with Crippen LogP contribution >= 0.6 is 23.2 Å². The van der Waals surface area contributed by atoms with Crippen LogP contribution in [0.4, 0.5) is 10.1 Å². The maximum atomic E-state index is 13.6. The lowest BCUT2D eigenvalue weighted by Gasteiger charge is -2.08. The van der Waals surface area contributed by atoms with Gasteiger partial charge >= 0.3 is 0 Å². The first kappa shape index (κ1) is 12.0. The summed E-state index contributed by atoms with van der Waals surface area (Å²) in [7, 11) is 0. The van der Waals surface area contributed by atoms with E-state index in [1.165, 1.54) is 24.3 Å². The Balaban J connectivity index is 2.38. The number of pyridine rings is 1. The third-order valence-electron chi connectivity index (χ3n) is 1.98. The molecule has 0 amide bonds. The molecule has 1 aromatic heterocycles. The van der Waals surface area contributed by atoms with E-state index < -0.39 is 5.82 Å². The van der Waals surface area contributed by atoms with Crippen molar-refractivity contribution in [1.82, 2.24) is 4.98 Å². The van der Waals surface area contributed by atoms with Crippen LogP contribution in [0, 0.1) is 5.82 Å². The van der Waals surface area contributed by atoms with Crippen LogP contribution in [-0.2, 0) is 0 Å². The smallest absolute Gasteiger partial charge is 0.244 e. The normalized spacial score (nSPS) is 10.3. The second-order valence-corrected chi connectivity index (χ2v) is 3.98. The molecule has 0 saturated carbocycles. The molecular weight excluding hydrogens is 266 g/mol. The molecule has 6 heteroatoms. The molecule has 2 rings (SSSR count). The van der Waals surface area contributed by atoms with E-state index in [0.29, 0.717) is 0 Å². The van der Waals surface area contributed by atoms with Gasteiger partial charge in [0.1, 0.15) is 5.15 Å². The minimum Gasteiger partial charge on any atom is -0.434 e. The zero-order valence-corrected chi connectivity index (χ0v) is 9.97. The van der Waals surface area contributed by atoms with Crippen LogP contribution in [0.3, 0.4) is 0 Å². The number of anilines is 1. The minimum absolute atomic E-state index is 0.0388. The molecule has 2 N–H and O–H groups in total. The van der Waals surface area contributed by atoms with Gasteiger partial charge in [-0.1, -0.05) is 29.3 Å². The van der Waals surface area contributed by atoms with Gasteiger partial charge in [-0.25, -0.2) is 4.39 Å². The van der Waals surface area contributed by atoms with Crippen molar-refractivity contribution in [3.63, 3.8) is 0 Å². The van der Waals surface area contributed by atoms with Gasteiger partial charge in [0.2, 0.25) is 5.88 Å². The molecule has 0 radical (unpaired) electrons. The molecule has 0 fully saturated rings. The highest BCUT2D eigenvalue weighted by molar-refractivity contribution is 6.30. The number of rotatable bonds is 2. The summed E-state index contributed by atoms with van der Waals surface area (Å²) in [5.74, 6) is -0.687. The molecule has 0 aliphatic heterocycles. The summed E-state index contributed by atoms with van der Waals surface area (Å²) in [4.78, 5) is 3.85. The van der Waals surface area contributed by atoms with E-state index in [0.717, 1.165) is 0 Å². The van der Waals surface area contributed by atoms with Crippen molar-refractivity contribution in [2.75, 3.05) is 5.73 Å². The molecule has 0 aliphatic carbocycles. The fourth-order valence-electron chi connectivity index (χ4n) is 1.18. The Morgan fingerprint density at radius 2 is 1.94 bits per heavy atom. The van der Waals surface area contributed by atoms with Crippen LogP contribution in [0.25, 0.3) is 0 Å². The van der Waals surface area contributed by atoms with Gasteiger partial charge in [0, 0.05) is 0 Å². The van der Waals surface area contributed by atoms with Crippen molar-refractivity contribution >= 4 is 28.9 Å². The van der Waals surface area contributed by atoms with Crippen LogP contribution in [0.5, 0.6) is 11.6 Å². The summed E-state index contributed by atoms with van der Waals surface area (Å²) in [6.45, 7) is 0. The van der Waals surface area contributed by atoms with Gasteiger partial charge in [0.25, 0.3) is 0 Å². The van der Waals surface area contributed by atoms with E-state index in [2.05, 4.69) is 4.98 Å². The molecule has 88 valence electrons. The number of aromatic nitrogens is 1. The highest BCUT2D eigenvalue weighted by atomic mass is 35.5. The molecule has 0 atom stereocenters. The molecule has 0 unspecified atom stereocenters. The zero-order valence-electron chi connectivity index (χ0n) is 8.45. The summed E-state index contributed by atoms with van der Waals surface area (Å²) >= 11 is 11.3. The van der Waals surface area contributed by atoms with Gasteiger partial charge in [-0.15, -0.1) is 0 Å². The topological polar surface area (TPSA) is 48.1 Å². The summed E-state index contributed by atoms with van der Waals surface area (Å²) in [6.07, 6.45) is 0. The lowest BCUT2D eigenvalue weighted by molar-refractivity contribution is 0.430. The van der Waals surface area contributed by atoms with Gasteiger partial charge < -0.3 is 10.5 Å². The molecule has 0 aliphatic rings. The number of hydrogen-bond acceptors (Lipinski definition) is 3. The van der Waals surface area contributed by atoms with Crippen LogP contribution in [0.2, 0.25) is 10.2 Å². The van der Waals surface area contributed by atoms with Crippen molar-refractivity contribution in [3.8, 4) is 11.6 Å². The average molecular weight is 273 g/mol.